The number of hydrogen-bond donors (Lipinski definition) is 1. The molecule has 0 bridgehead atoms. The number of carbonyl (C=O) groups is 1. The summed E-state index contributed by atoms with van der Waals surface area (Å²) in [5.74, 6) is -0.275. The summed E-state index contributed by atoms with van der Waals surface area (Å²) >= 11 is 0. The topological polar surface area (TPSA) is 38.3 Å². The molecule has 0 radical (unpaired) electrons. The minimum absolute atomic E-state index is 0.275. The van der Waals surface area contributed by atoms with Crippen molar-refractivity contribution in [2.45, 2.75) is 52.5 Å². The molecular weight excluding hydrogens is 238 g/mol. The van der Waals surface area contributed by atoms with Crippen molar-refractivity contribution in [1.82, 2.24) is 0 Å². The zero-order valence-electron chi connectivity index (χ0n) is 12.5. The summed E-state index contributed by atoms with van der Waals surface area (Å²) in [6.07, 6.45) is 4.68. The van der Waals surface area contributed by atoms with Gasteiger partial charge in [0.25, 0.3) is 0 Å². The van der Waals surface area contributed by atoms with Crippen molar-refractivity contribution >= 4 is 11.7 Å². The summed E-state index contributed by atoms with van der Waals surface area (Å²) in [5.41, 5.74) is 2.63. The predicted octanol–water partition coefficient (Wildman–Crippen LogP) is 4.16. The lowest BCUT2D eigenvalue weighted by molar-refractivity contribution is 0.0600. The molecule has 0 aliphatic rings. The Kier molecular flexibility index (Phi) is 6.40. The molecular formula is C16H25NO2. The molecule has 19 heavy (non-hydrogen) atoms. The van der Waals surface area contributed by atoms with E-state index in [1.54, 1.807) is 6.07 Å². The number of unbranched alkanes of at least 4 members (excludes halogenated alkanes) is 1. The van der Waals surface area contributed by atoms with Crippen LogP contribution in [0.5, 0.6) is 0 Å². The molecule has 0 aliphatic carbocycles. The fourth-order valence-electron chi connectivity index (χ4n) is 2.17. The second-order valence-corrected chi connectivity index (χ2v) is 4.86. The van der Waals surface area contributed by atoms with Crippen molar-refractivity contribution in [1.29, 1.82) is 0 Å². The van der Waals surface area contributed by atoms with Crippen LogP contribution < -0.4 is 5.32 Å². The molecule has 0 heterocycles. The number of nitrogens with one attached hydrogen (secondary N) is 1. The van der Waals surface area contributed by atoms with Gasteiger partial charge in [0.2, 0.25) is 0 Å². The average molecular weight is 263 g/mol. The van der Waals surface area contributed by atoms with Gasteiger partial charge in [-0.25, -0.2) is 4.79 Å². The van der Waals surface area contributed by atoms with Crippen LogP contribution in [0.3, 0.4) is 0 Å². The van der Waals surface area contributed by atoms with Crippen molar-refractivity contribution in [2.75, 3.05) is 12.4 Å². The average Bonchev–Trinajstić information content (AvgIpc) is 2.44. The second kappa shape index (κ2) is 7.82. The van der Waals surface area contributed by atoms with Crippen LogP contribution in [0.15, 0.2) is 18.2 Å². The predicted molar refractivity (Wildman–Crippen MR) is 79.7 cm³/mol. The van der Waals surface area contributed by atoms with Crippen molar-refractivity contribution in [3.63, 3.8) is 0 Å². The van der Waals surface area contributed by atoms with E-state index in [1.165, 1.54) is 20.0 Å². The molecule has 0 spiro atoms. The van der Waals surface area contributed by atoms with Crippen LogP contribution in [0.2, 0.25) is 0 Å². The summed E-state index contributed by atoms with van der Waals surface area (Å²) < 4.78 is 4.80. The Morgan fingerprint density at radius 1 is 1.37 bits per heavy atom. The molecule has 3 nitrogen and oxygen atoms in total. The lowest BCUT2D eigenvalue weighted by Gasteiger charge is -2.20. The van der Waals surface area contributed by atoms with E-state index in [1.807, 2.05) is 19.1 Å². The Morgan fingerprint density at radius 3 is 2.68 bits per heavy atom. The zero-order chi connectivity index (χ0) is 14.3. The van der Waals surface area contributed by atoms with Crippen molar-refractivity contribution < 1.29 is 9.53 Å². The molecule has 1 N–H and O–H groups in total. The van der Waals surface area contributed by atoms with Crippen LogP contribution in [-0.2, 0) is 4.74 Å². The Balaban J connectivity index is 2.85. The summed E-state index contributed by atoms with van der Waals surface area (Å²) in [4.78, 5) is 11.7. The molecule has 0 fully saturated rings. The summed E-state index contributed by atoms with van der Waals surface area (Å²) in [5, 5.41) is 3.54. The molecule has 0 saturated heterocycles. The highest BCUT2D eigenvalue weighted by atomic mass is 16.5. The molecule has 0 aliphatic heterocycles. The van der Waals surface area contributed by atoms with E-state index in [9.17, 15) is 4.79 Å². The van der Waals surface area contributed by atoms with Gasteiger partial charge >= 0.3 is 5.97 Å². The molecule has 1 atom stereocenters. The van der Waals surface area contributed by atoms with Gasteiger partial charge in [-0.2, -0.15) is 0 Å². The third-order valence-corrected chi connectivity index (χ3v) is 3.50. The molecule has 3 heteroatoms. The zero-order valence-corrected chi connectivity index (χ0v) is 12.5. The van der Waals surface area contributed by atoms with E-state index in [2.05, 4.69) is 19.2 Å². The smallest absolute Gasteiger partial charge is 0.338 e. The van der Waals surface area contributed by atoms with Crippen LogP contribution in [0.1, 0.15) is 55.5 Å². The molecule has 1 unspecified atom stereocenters. The van der Waals surface area contributed by atoms with Gasteiger partial charge in [0, 0.05) is 11.7 Å². The van der Waals surface area contributed by atoms with Gasteiger partial charge in [-0.15, -0.1) is 0 Å². The van der Waals surface area contributed by atoms with E-state index in [0.717, 1.165) is 24.1 Å². The van der Waals surface area contributed by atoms with E-state index in [0.29, 0.717) is 11.6 Å². The Morgan fingerprint density at radius 2 is 2.11 bits per heavy atom. The third kappa shape index (κ3) is 4.27. The van der Waals surface area contributed by atoms with Crippen LogP contribution >= 0.6 is 0 Å². The first-order valence-corrected chi connectivity index (χ1v) is 7.08. The number of rotatable bonds is 7. The molecule has 0 aromatic heterocycles. The maximum absolute atomic E-state index is 11.7. The fourth-order valence-corrected chi connectivity index (χ4v) is 2.17. The normalized spacial score (nSPS) is 12.0. The van der Waals surface area contributed by atoms with Gasteiger partial charge in [0.05, 0.1) is 12.7 Å². The van der Waals surface area contributed by atoms with Crippen molar-refractivity contribution in [2.24, 2.45) is 0 Å². The van der Waals surface area contributed by atoms with E-state index in [4.69, 9.17) is 4.74 Å². The van der Waals surface area contributed by atoms with Crippen LogP contribution in [0, 0.1) is 6.92 Å². The van der Waals surface area contributed by atoms with E-state index in [-0.39, 0.29) is 5.97 Å². The molecule has 106 valence electrons. The Hall–Kier alpha value is -1.51. The number of ether oxygens (including phenoxy) is 1. The van der Waals surface area contributed by atoms with E-state index < -0.39 is 0 Å². The minimum Gasteiger partial charge on any atom is -0.465 e. The summed E-state index contributed by atoms with van der Waals surface area (Å²) in [7, 11) is 1.41. The van der Waals surface area contributed by atoms with Crippen molar-refractivity contribution in [3.05, 3.63) is 29.3 Å². The van der Waals surface area contributed by atoms with Gasteiger partial charge in [0.1, 0.15) is 0 Å². The van der Waals surface area contributed by atoms with E-state index >= 15 is 0 Å². The molecule has 1 aromatic rings. The number of methoxy groups -OCH3 is 1. The first kappa shape index (κ1) is 15.5. The van der Waals surface area contributed by atoms with Gasteiger partial charge < -0.3 is 10.1 Å². The van der Waals surface area contributed by atoms with Gasteiger partial charge in [-0.1, -0.05) is 32.8 Å². The molecule has 0 saturated carbocycles. The second-order valence-electron chi connectivity index (χ2n) is 4.86. The highest BCUT2D eigenvalue weighted by Crippen LogP contribution is 2.22. The van der Waals surface area contributed by atoms with Gasteiger partial charge in [-0.3, -0.25) is 0 Å². The third-order valence-electron chi connectivity index (χ3n) is 3.50. The SMILES string of the molecule is CCCCC(CC)Nc1cccc(C(=O)OC)c1C. The number of carbonyl (C=O) groups excluding carboxylic acids is 1. The van der Waals surface area contributed by atoms with Crippen molar-refractivity contribution in [3.8, 4) is 0 Å². The number of anilines is 1. The monoisotopic (exact) mass is 263 g/mol. The Bertz CT molecular complexity index is 415. The highest BCUT2D eigenvalue weighted by Gasteiger charge is 2.13. The first-order chi connectivity index (χ1) is 9.13. The molecule has 1 rings (SSSR count). The van der Waals surface area contributed by atoms with Crippen LogP contribution in [0.4, 0.5) is 5.69 Å². The minimum atomic E-state index is -0.275. The first-order valence-electron chi connectivity index (χ1n) is 7.08. The quantitative estimate of drug-likeness (QED) is 0.751. The lowest BCUT2D eigenvalue weighted by atomic mass is 10.0. The van der Waals surface area contributed by atoms with Crippen LogP contribution in [-0.4, -0.2) is 19.1 Å². The van der Waals surface area contributed by atoms with Gasteiger partial charge in [-0.05, 0) is 37.5 Å². The molecule has 1 aromatic carbocycles. The number of benzene rings is 1. The fraction of sp³-hybridized carbons (Fsp3) is 0.562. The largest absolute Gasteiger partial charge is 0.465 e. The molecule has 0 amide bonds. The highest BCUT2D eigenvalue weighted by molar-refractivity contribution is 5.92. The summed E-state index contributed by atoms with van der Waals surface area (Å²) in [6, 6.07) is 6.19. The lowest BCUT2D eigenvalue weighted by Crippen LogP contribution is -2.19. The maximum Gasteiger partial charge on any atom is 0.338 e. The maximum atomic E-state index is 11.7. The Labute approximate surface area is 116 Å². The standard InChI is InChI=1S/C16H25NO2/c1-5-7-9-13(6-2)17-15-11-8-10-14(12(15)3)16(18)19-4/h8,10-11,13,17H,5-7,9H2,1-4H3. The number of esters is 1. The van der Waals surface area contributed by atoms with Crippen LogP contribution in [0.25, 0.3) is 0 Å². The number of hydrogen-bond acceptors (Lipinski definition) is 3. The van der Waals surface area contributed by atoms with Gasteiger partial charge in [0.15, 0.2) is 0 Å². The summed E-state index contributed by atoms with van der Waals surface area (Å²) in [6.45, 7) is 6.35.